The summed E-state index contributed by atoms with van der Waals surface area (Å²) in [5.41, 5.74) is 1.58. The average Bonchev–Trinajstić information content (AvgIpc) is 3.10. The van der Waals surface area contributed by atoms with Crippen LogP contribution >= 0.6 is 11.8 Å². The van der Waals surface area contributed by atoms with Crippen LogP contribution in [0, 0.1) is 5.92 Å². The third-order valence-corrected chi connectivity index (χ3v) is 7.33. The first-order chi connectivity index (χ1) is 13.6. The molecule has 150 valence electrons. The first-order valence-corrected chi connectivity index (χ1v) is 10.6. The Bertz CT molecular complexity index is 917. The molecule has 1 fully saturated rings. The van der Waals surface area contributed by atoms with Gasteiger partial charge in [-0.1, -0.05) is 13.3 Å². The number of nitrogens with one attached hydrogen (secondary N) is 1. The molecule has 0 spiro atoms. The molecule has 2 heterocycles. The van der Waals surface area contributed by atoms with E-state index in [-0.39, 0.29) is 5.56 Å². The molecule has 7 heteroatoms. The molecule has 3 unspecified atom stereocenters. The van der Waals surface area contributed by atoms with Gasteiger partial charge in [-0.3, -0.25) is 4.79 Å². The minimum Gasteiger partial charge on any atom is -0.493 e. The second kappa shape index (κ2) is 7.70. The molecule has 0 amide bonds. The summed E-state index contributed by atoms with van der Waals surface area (Å²) < 4.78 is 16.3. The molecule has 6 nitrogen and oxygen atoms in total. The summed E-state index contributed by atoms with van der Waals surface area (Å²) in [7, 11) is 4.72. The third kappa shape index (κ3) is 3.15. The molecule has 0 saturated heterocycles. The molecule has 28 heavy (non-hydrogen) atoms. The first kappa shape index (κ1) is 19.2. The van der Waals surface area contributed by atoms with Crippen LogP contribution in [0.2, 0.25) is 0 Å². The van der Waals surface area contributed by atoms with Crippen molar-refractivity contribution < 1.29 is 14.2 Å². The summed E-state index contributed by atoms with van der Waals surface area (Å²) in [4.78, 5) is 20.8. The maximum absolute atomic E-state index is 12.9. The SMILES string of the molecule is CCC1CCC2c3c(nc(-c4cc(OC)c(OC)c(OC)c4)[nH]c3=O)SC2C1. The summed E-state index contributed by atoms with van der Waals surface area (Å²) in [5, 5.41) is 1.34. The molecule has 0 radical (unpaired) electrons. The van der Waals surface area contributed by atoms with Crippen molar-refractivity contribution in [2.75, 3.05) is 21.3 Å². The second-order valence-corrected chi connectivity index (χ2v) is 8.63. The van der Waals surface area contributed by atoms with E-state index in [1.54, 1.807) is 33.1 Å². The van der Waals surface area contributed by atoms with Crippen LogP contribution in [0.25, 0.3) is 11.4 Å². The number of benzene rings is 1. The van der Waals surface area contributed by atoms with Gasteiger partial charge in [-0.2, -0.15) is 0 Å². The normalized spacial score (nSPS) is 23.1. The summed E-state index contributed by atoms with van der Waals surface area (Å²) in [5.74, 6) is 3.20. The van der Waals surface area contributed by atoms with Crippen molar-refractivity contribution in [2.24, 2.45) is 5.92 Å². The van der Waals surface area contributed by atoms with Crippen molar-refractivity contribution in [2.45, 2.75) is 48.8 Å². The van der Waals surface area contributed by atoms with Crippen LogP contribution in [0.1, 0.15) is 44.1 Å². The molecule has 1 aliphatic heterocycles. The summed E-state index contributed by atoms with van der Waals surface area (Å²) in [6, 6.07) is 3.62. The summed E-state index contributed by atoms with van der Waals surface area (Å²) in [6.45, 7) is 2.26. The van der Waals surface area contributed by atoms with Gasteiger partial charge in [-0.15, -0.1) is 11.8 Å². The van der Waals surface area contributed by atoms with Gasteiger partial charge in [0.25, 0.3) is 5.56 Å². The van der Waals surface area contributed by atoms with Crippen LogP contribution in [-0.2, 0) is 0 Å². The van der Waals surface area contributed by atoms with Crippen molar-refractivity contribution in [1.82, 2.24) is 9.97 Å². The third-order valence-electron chi connectivity index (χ3n) is 5.97. The Morgan fingerprint density at radius 1 is 1.14 bits per heavy atom. The zero-order chi connectivity index (χ0) is 19.8. The van der Waals surface area contributed by atoms with E-state index in [4.69, 9.17) is 19.2 Å². The molecule has 1 aliphatic carbocycles. The van der Waals surface area contributed by atoms with Gasteiger partial charge in [0.15, 0.2) is 11.5 Å². The number of aromatic nitrogens is 2. The van der Waals surface area contributed by atoms with Gasteiger partial charge in [0.05, 0.1) is 26.9 Å². The summed E-state index contributed by atoms with van der Waals surface area (Å²) >= 11 is 1.77. The fraction of sp³-hybridized carbons (Fsp3) is 0.524. The lowest BCUT2D eigenvalue weighted by Gasteiger charge is -2.30. The predicted molar refractivity (Wildman–Crippen MR) is 110 cm³/mol. The first-order valence-electron chi connectivity index (χ1n) is 9.70. The summed E-state index contributed by atoms with van der Waals surface area (Å²) in [6.07, 6.45) is 4.66. The number of methoxy groups -OCH3 is 3. The molecular weight excluding hydrogens is 376 g/mol. The van der Waals surface area contributed by atoms with Crippen molar-refractivity contribution in [3.63, 3.8) is 0 Å². The van der Waals surface area contributed by atoms with E-state index in [2.05, 4.69) is 11.9 Å². The van der Waals surface area contributed by atoms with E-state index in [9.17, 15) is 4.79 Å². The van der Waals surface area contributed by atoms with Gasteiger partial charge in [0.2, 0.25) is 5.75 Å². The molecule has 0 bridgehead atoms. The van der Waals surface area contributed by atoms with Crippen LogP contribution < -0.4 is 19.8 Å². The fourth-order valence-corrected chi connectivity index (χ4v) is 6.03. The topological polar surface area (TPSA) is 73.4 Å². The highest BCUT2D eigenvalue weighted by molar-refractivity contribution is 8.00. The Morgan fingerprint density at radius 2 is 1.86 bits per heavy atom. The monoisotopic (exact) mass is 402 g/mol. The number of hydrogen-bond donors (Lipinski definition) is 1. The van der Waals surface area contributed by atoms with Gasteiger partial charge in [-0.25, -0.2) is 4.98 Å². The minimum absolute atomic E-state index is 0.0244. The number of ether oxygens (including phenoxy) is 3. The number of nitrogens with zero attached hydrogens (tertiary/aromatic N) is 1. The van der Waals surface area contributed by atoms with Crippen molar-refractivity contribution in [3.05, 3.63) is 28.0 Å². The Morgan fingerprint density at radius 3 is 2.46 bits per heavy atom. The molecule has 1 aromatic carbocycles. The van der Waals surface area contributed by atoms with Gasteiger partial charge in [-0.05, 0) is 37.3 Å². The number of rotatable bonds is 5. The largest absolute Gasteiger partial charge is 0.493 e. The lowest BCUT2D eigenvalue weighted by Crippen LogP contribution is -2.26. The maximum Gasteiger partial charge on any atom is 0.255 e. The molecule has 1 aromatic heterocycles. The molecule has 4 rings (SSSR count). The van der Waals surface area contributed by atoms with E-state index in [1.165, 1.54) is 19.3 Å². The van der Waals surface area contributed by atoms with E-state index in [0.29, 0.717) is 34.2 Å². The quantitative estimate of drug-likeness (QED) is 0.755. The molecule has 1 saturated carbocycles. The number of fused-ring (bicyclic) bond motifs is 3. The van der Waals surface area contributed by atoms with E-state index in [1.807, 2.05) is 12.1 Å². The van der Waals surface area contributed by atoms with Gasteiger partial charge < -0.3 is 19.2 Å². The predicted octanol–water partition coefficient (Wildman–Crippen LogP) is 4.23. The van der Waals surface area contributed by atoms with Crippen LogP contribution in [-0.4, -0.2) is 36.5 Å². The smallest absolute Gasteiger partial charge is 0.255 e. The van der Waals surface area contributed by atoms with E-state index < -0.39 is 0 Å². The standard InChI is InChI=1S/C21H26N2O4S/c1-5-11-6-7-13-16(8-11)28-21-17(13)20(24)22-19(23-21)12-9-14(25-2)18(27-4)15(10-12)26-3/h9-11,13,16H,5-8H2,1-4H3,(H,22,23,24). The van der Waals surface area contributed by atoms with Crippen LogP contribution in [0.3, 0.4) is 0 Å². The van der Waals surface area contributed by atoms with Gasteiger partial charge >= 0.3 is 0 Å². The maximum atomic E-state index is 12.9. The zero-order valence-electron chi connectivity index (χ0n) is 16.7. The van der Waals surface area contributed by atoms with Gasteiger partial charge in [0.1, 0.15) is 10.9 Å². The number of aromatic amines is 1. The Kier molecular flexibility index (Phi) is 5.27. The van der Waals surface area contributed by atoms with Crippen molar-refractivity contribution in [3.8, 4) is 28.6 Å². The Labute approximate surface area is 169 Å². The van der Waals surface area contributed by atoms with E-state index >= 15 is 0 Å². The zero-order valence-corrected chi connectivity index (χ0v) is 17.5. The molecule has 2 aliphatic rings. The molecule has 3 atom stereocenters. The highest BCUT2D eigenvalue weighted by Gasteiger charge is 2.40. The fourth-order valence-electron chi connectivity index (χ4n) is 4.42. The molecular formula is C21H26N2O4S. The minimum atomic E-state index is -0.0244. The lowest BCUT2D eigenvalue weighted by molar-refractivity contribution is 0.324. The number of H-pyrrole nitrogens is 1. The number of hydrogen-bond acceptors (Lipinski definition) is 6. The number of thioether (sulfide) groups is 1. The Balaban J connectivity index is 1.75. The highest BCUT2D eigenvalue weighted by Crippen LogP contribution is 2.52. The van der Waals surface area contributed by atoms with Crippen molar-refractivity contribution >= 4 is 11.8 Å². The van der Waals surface area contributed by atoms with E-state index in [0.717, 1.165) is 28.5 Å². The lowest BCUT2D eigenvalue weighted by atomic mass is 9.78. The van der Waals surface area contributed by atoms with Crippen molar-refractivity contribution in [1.29, 1.82) is 0 Å². The van der Waals surface area contributed by atoms with Gasteiger partial charge in [0, 0.05) is 16.7 Å². The average molecular weight is 403 g/mol. The Hall–Kier alpha value is -2.15. The molecule has 2 aromatic rings. The molecule has 1 N–H and O–H groups in total. The van der Waals surface area contributed by atoms with Crippen LogP contribution in [0.15, 0.2) is 22.0 Å². The van der Waals surface area contributed by atoms with Crippen LogP contribution in [0.5, 0.6) is 17.2 Å². The van der Waals surface area contributed by atoms with Crippen LogP contribution in [0.4, 0.5) is 0 Å². The second-order valence-electron chi connectivity index (χ2n) is 7.40. The highest BCUT2D eigenvalue weighted by atomic mass is 32.2.